The molecule has 6 rings (SSSR count). The summed E-state index contributed by atoms with van der Waals surface area (Å²) in [4.78, 5) is 62.3. The fourth-order valence-corrected chi connectivity index (χ4v) is 8.21. The molecule has 0 radical (unpaired) electrons. The van der Waals surface area contributed by atoms with Crippen LogP contribution in [0.1, 0.15) is 41.4 Å². The predicted molar refractivity (Wildman–Crippen MR) is 124 cm³/mol. The van der Waals surface area contributed by atoms with Crippen molar-refractivity contribution in [1.29, 1.82) is 0 Å². The van der Waals surface area contributed by atoms with Gasteiger partial charge in [-0.1, -0.05) is 6.92 Å². The van der Waals surface area contributed by atoms with E-state index in [4.69, 9.17) is 5.73 Å². The number of aromatic hydroxyl groups is 1. The van der Waals surface area contributed by atoms with Crippen LogP contribution in [0.4, 0.5) is 0 Å². The van der Waals surface area contributed by atoms with E-state index in [1.165, 1.54) is 0 Å². The highest BCUT2D eigenvalue weighted by molar-refractivity contribution is 6.18. The molecule has 4 aliphatic carbocycles. The Morgan fingerprint density at radius 2 is 2.00 bits per heavy atom. The molecule has 1 aromatic rings. The molecule has 4 fully saturated rings. The van der Waals surface area contributed by atoms with Crippen molar-refractivity contribution in [2.75, 3.05) is 27.2 Å². The standard InChI is InChI=1S/C26H32N4O5/c1-11-19-18(25(27)35)23(33)20(29(2)3)14-8-12-7-13-9-28-15(10-30-5-4-6-30)21(31)16(13)22(32)17(12)24(34)26(11,14)19/h9,11-12,14,17-20,31H,4-8,10H2,1-3H3,(H2,27,35). The second-order valence-corrected chi connectivity index (χ2v) is 11.5. The first-order valence-corrected chi connectivity index (χ1v) is 12.6. The first-order valence-electron chi connectivity index (χ1n) is 12.6. The van der Waals surface area contributed by atoms with Gasteiger partial charge in [-0.25, -0.2) is 0 Å². The fourth-order valence-electron chi connectivity index (χ4n) is 8.21. The number of pyridine rings is 1. The third-order valence-electron chi connectivity index (χ3n) is 9.83. The Labute approximate surface area is 204 Å². The first-order chi connectivity index (χ1) is 16.6. The maximum atomic E-state index is 14.3. The Bertz CT molecular complexity index is 1180. The summed E-state index contributed by atoms with van der Waals surface area (Å²) in [6.45, 7) is 4.26. The van der Waals surface area contributed by atoms with Crippen molar-refractivity contribution in [2.45, 2.75) is 38.8 Å². The van der Waals surface area contributed by atoms with E-state index in [-0.39, 0.29) is 46.4 Å². The number of carbonyl (C=O) groups excluding carboxylic acids is 4. The van der Waals surface area contributed by atoms with Gasteiger partial charge in [-0.3, -0.25) is 34.0 Å². The number of aromatic nitrogens is 1. The normalized spacial score (nSPS) is 39.9. The molecular weight excluding hydrogens is 448 g/mol. The minimum Gasteiger partial charge on any atom is -0.505 e. The van der Waals surface area contributed by atoms with E-state index in [1.807, 2.05) is 6.92 Å². The SMILES string of the molecule is CC1C2C(C(N)=O)C(=O)C(N(C)C)C3CC4Cc5cnc(CN6CCC6)c(O)c5C(=O)C4C(=O)C132. The molecule has 2 heterocycles. The molecule has 0 bridgehead atoms. The Hall–Kier alpha value is -2.65. The van der Waals surface area contributed by atoms with Crippen molar-refractivity contribution >= 4 is 23.3 Å². The summed E-state index contributed by atoms with van der Waals surface area (Å²) in [5.41, 5.74) is 6.14. The monoisotopic (exact) mass is 480 g/mol. The van der Waals surface area contributed by atoms with Gasteiger partial charge in [0.15, 0.2) is 17.3 Å². The van der Waals surface area contributed by atoms with Crippen LogP contribution in [-0.2, 0) is 27.3 Å². The molecule has 8 atom stereocenters. The number of hydrogen-bond acceptors (Lipinski definition) is 8. The zero-order chi connectivity index (χ0) is 25.0. The molecule has 0 aromatic carbocycles. The van der Waals surface area contributed by atoms with E-state index in [2.05, 4.69) is 9.88 Å². The molecule has 9 nitrogen and oxygen atoms in total. The van der Waals surface area contributed by atoms with E-state index in [0.29, 0.717) is 30.6 Å². The van der Waals surface area contributed by atoms with Gasteiger partial charge < -0.3 is 10.8 Å². The minimum absolute atomic E-state index is 0.106. The number of rotatable bonds is 4. The van der Waals surface area contributed by atoms with Crippen LogP contribution in [0.2, 0.25) is 0 Å². The van der Waals surface area contributed by atoms with Gasteiger partial charge in [0.1, 0.15) is 11.7 Å². The maximum absolute atomic E-state index is 14.3. The van der Waals surface area contributed by atoms with Crippen molar-refractivity contribution in [1.82, 2.24) is 14.8 Å². The largest absolute Gasteiger partial charge is 0.505 e. The average molecular weight is 481 g/mol. The predicted octanol–water partition coefficient (Wildman–Crippen LogP) is 0.420. The molecule has 3 N–H and O–H groups in total. The molecule has 3 saturated carbocycles. The first kappa shape index (κ1) is 22.8. The van der Waals surface area contributed by atoms with Crippen LogP contribution in [0.3, 0.4) is 0 Å². The Balaban J connectivity index is 1.41. The summed E-state index contributed by atoms with van der Waals surface area (Å²) in [6, 6.07) is -0.597. The third-order valence-corrected chi connectivity index (χ3v) is 9.83. The highest BCUT2D eigenvalue weighted by Gasteiger charge is 2.81. The molecule has 186 valence electrons. The Kier molecular flexibility index (Phi) is 4.84. The second-order valence-electron chi connectivity index (χ2n) is 11.5. The number of fused-ring (bicyclic) bond motifs is 2. The number of ketones is 3. The molecule has 8 unspecified atom stereocenters. The summed E-state index contributed by atoms with van der Waals surface area (Å²) >= 11 is 0. The zero-order valence-electron chi connectivity index (χ0n) is 20.4. The van der Waals surface area contributed by atoms with Gasteiger partial charge in [0.05, 0.1) is 23.2 Å². The number of hydrogen-bond donors (Lipinski definition) is 2. The number of nitrogens with zero attached hydrogens (tertiary/aromatic N) is 3. The molecule has 5 aliphatic rings. The van der Waals surface area contributed by atoms with Gasteiger partial charge >= 0.3 is 0 Å². The molecule has 1 saturated heterocycles. The highest BCUT2D eigenvalue weighted by Crippen LogP contribution is 2.74. The van der Waals surface area contributed by atoms with Gasteiger partial charge in [0, 0.05) is 18.2 Å². The fraction of sp³-hybridized carbons (Fsp3) is 0.654. The second kappa shape index (κ2) is 7.43. The number of amides is 1. The Morgan fingerprint density at radius 3 is 2.60 bits per heavy atom. The lowest BCUT2D eigenvalue weighted by atomic mass is 9.54. The number of likely N-dealkylation sites (N-methyl/N-ethyl adjacent to an activating group) is 1. The van der Waals surface area contributed by atoms with E-state index < -0.39 is 35.1 Å². The van der Waals surface area contributed by atoms with E-state index in [9.17, 15) is 24.3 Å². The Morgan fingerprint density at radius 1 is 1.29 bits per heavy atom. The van der Waals surface area contributed by atoms with Crippen LogP contribution in [0.15, 0.2) is 6.20 Å². The van der Waals surface area contributed by atoms with Crippen LogP contribution >= 0.6 is 0 Å². The lowest BCUT2D eigenvalue weighted by molar-refractivity contribution is -0.150. The number of nitrogens with two attached hydrogens (primary N) is 1. The molecule has 1 amide bonds. The quantitative estimate of drug-likeness (QED) is 0.593. The summed E-state index contributed by atoms with van der Waals surface area (Å²) in [6.07, 6.45) is 3.78. The average Bonchev–Trinajstić information content (AvgIpc) is 3.35. The van der Waals surface area contributed by atoms with Gasteiger partial charge in [-0.15, -0.1) is 0 Å². The van der Waals surface area contributed by atoms with E-state index in [0.717, 1.165) is 19.5 Å². The summed E-state index contributed by atoms with van der Waals surface area (Å²) in [5, 5.41) is 11.0. The summed E-state index contributed by atoms with van der Waals surface area (Å²) < 4.78 is 0. The lowest BCUT2D eigenvalue weighted by Crippen LogP contribution is -2.62. The lowest BCUT2D eigenvalue weighted by Gasteiger charge is -2.50. The summed E-state index contributed by atoms with van der Waals surface area (Å²) in [7, 11) is 3.59. The zero-order valence-corrected chi connectivity index (χ0v) is 20.4. The minimum atomic E-state index is -1.01. The van der Waals surface area contributed by atoms with Crippen molar-refractivity contribution in [3.8, 4) is 5.75 Å². The van der Waals surface area contributed by atoms with Crippen LogP contribution in [0.5, 0.6) is 5.75 Å². The van der Waals surface area contributed by atoms with Crippen molar-refractivity contribution < 1.29 is 24.3 Å². The van der Waals surface area contributed by atoms with Gasteiger partial charge in [-0.05, 0) is 75.7 Å². The molecule has 35 heavy (non-hydrogen) atoms. The maximum Gasteiger partial charge on any atom is 0.228 e. The van der Waals surface area contributed by atoms with Crippen molar-refractivity contribution in [3.63, 3.8) is 0 Å². The molecular formula is C26H32N4O5. The van der Waals surface area contributed by atoms with Crippen LogP contribution in [0.25, 0.3) is 0 Å². The molecule has 9 heteroatoms. The highest BCUT2D eigenvalue weighted by atomic mass is 16.3. The third kappa shape index (κ3) is 2.79. The van der Waals surface area contributed by atoms with Crippen molar-refractivity contribution in [2.24, 2.45) is 46.7 Å². The molecule has 1 aliphatic heterocycles. The van der Waals surface area contributed by atoms with Gasteiger partial charge in [0.25, 0.3) is 0 Å². The van der Waals surface area contributed by atoms with E-state index >= 15 is 0 Å². The number of carbonyl (C=O) groups is 4. The van der Waals surface area contributed by atoms with Crippen LogP contribution < -0.4 is 5.73 Å². The van der Waals surface area contributed by atoms with Crippen LogP contribution in [-0.4, -0.2) is 76.4 Å². The number of likely N-dealkylation sites (tertiary alicyclic amines) is 1. The molecule has 1 spiro atoms. The number of Topliss-reactive ketones (excluding diaryl/α,β-unsaturated/α-hetero) is 3. The van der Waals surface area contributed by atoms with Crippen LogP contribution in [0, 0.1) is 40.9 Å². The molecule has 1 aromatic heterocycles. The summed E-state index contributed by atoms with van der Waals surface area (Å²) in [5.74, 6) is -4.58. The topological polar surface area (TPSA) is 134 Å². The van der Waals surface area contributed by atoms with Gasteiger partial charge in [-0.2, -0.15) is 0 Å². The number of primary amides is 1. The van der Waals surface area contributed by atoms with Gasteiger partial charge in [0.2, 0.25) is 5.91 Å². The van der Waals surface area contributed by atoms with E-state index in [1.54, 1.807) is 25.2 Å². The van der Waals surface area contributed by atoms with Crippen molar-refractivity contribution in [3.05, 3.63) is 23.0 Å². The smallest absolute Gasteiger partial charge is 0.228 e.